The average molecular weight is 276 g/mol. The van der Waals surface area contributed by atoms with Gasteiger partial charge in [0, 0.05) is 18.0 Å². The quantitative estimate of drug-likeness (QED) is 0.779. The first-order valence-corrected chi connectivity index (χ1v) is 7.44. The summed E-state index contributed by atoms with van der Waals surface area (Å²) in [5.74, 6) is -0.218. The van der Waals surface area contributed by atoms with Crippen molar-refractivity contribution in [3.63, 3.8) is 0 Å². The fourth-order valence-electron chi connectivity index (χ4n) is 3.82. The molecule has 2 aliphatic rings. The van der Waals surface area contributed by atoms with E-state index in [0.29, 0.717) is 23.3 Å². The molecule has 2 aliphatic heterocycles. The van der Waals surface area contributed by atoms with Gasteiger partial charge < -0.3 is 4.90 Å². The summed E-state index contributed by atoms with van der Waals surface area (Å²) in [5, 5.41) is 0. The second-order valence-corrected chi connectivity index (χ2v) is 6.26. The molecule has 2 fully saturated rings. The zero-order chi connectivity index (χ0) is 14.3. The molecule has 1 aromatic heterocycles. The van der Waals surface area contributed by atoms with Gasteiger partial charge in [-0.05, 0) is 51.3 Å². The second kappa shape index (κ2) is 5.24. The van der Waals surface area contributed by atoms with Crippen LogP contribution in [0.5, 0.6) is 0 Å². The third kappa shape index (κ3) is 2.37. The van der Waals surface area contributed by atoms with E-state index < -0.39 is 0 Å². The lowest BCUT2D eigenvalue weighted by atomic mass is 9.76. The Labute approximate surface area is 119 Å². The van der Waals surface area contributed by atoms with Crippen LogP contribution >= 0.6 is 0 Å². The lowest BCUT2D eigenvalue weighted by molar-refractivity contribution is 0.0336. The van der Waals surface area contributed by atoms with E-state index in [9.17, 15) is 9.18 Å². The van der Waals surface area contributed by atoms with Crippen molar-refractivity contribution in [2.24, 2.45) is 5.92 Å². The summed E-state index contributed by atoms with van der Waals surface area (Å²) in [7, 11) is 2.18. The van der Waals surface area contributed by atoms with E-state index in [2.05, 4.69) is 16.9 Å². The standard InChI is InChI=1S/C16H21FN2O/c1-10-6-12(17)9-18-15(10)16(20)11-7-13-4-3-5-14(8-11)19(13)2/h6,9,11,13-14H,3-5,7-8H2,1-2H3. The summed E-state index contributed by atoms with van der Waals surface area (Å²) in [6.45, 7) is 1.76. The highest BCUT2D eigenvalue weighted by molar-refractivity contribution is 5.97. The van der Waals surface area contributed by atoms with Gasteiger partial charge in [-0.3, -0.25) is 4.79 Å². The molecular formula is C16H21FN2O. The molecule has 2 bridgehead atoms. The number of fused-ring (bicyclic) bond motifs is 2. The highest BCUT2D eigenvalue weighted by atomic mass is 19.1. The minimum atomic E-state index is -0.376. The van der Waals surface area contributed by atoms with Crippen molar-refractivity contribution in [2.45, 2.75) is 51.1 Å². The van der Waals surface area contributed by atoms with Gasteiger partial charge >= 0.3 is 0 Å². The first kappa shape index (κ1) is 13.7. The van der Waals surface area contributed by atoms with Crippen molar-refractivity contribution in [2.75, 3.05) is 7.05 Å². The maximum atomic E-state index is 13.1. The topological polar surface area (TPSA) is 33.2 Å². The Morgan fingerprint density at radius 3 is 2.60 bits per heavy atom. The normalized spacial score (nSPS) is 30.2. The zero-order valence-corrected chi connectivity index (χ0v) is 12.1. The number of carbonyl (C=O) groups excluding carboxylic acids is 1. The second-order valence-electron chi connectivity index (χ2n) is 6.26. The van der Waals surface area contributed by atoms with Gasteiger partial charge in [0.2, 0.25) is 0 Å². The van der Waals surface area contributed by atoms with E-state index in [0.717, 1.165) is 19.0 Å². The number of pyridine rings is 1. The number of ketones is 1. The monoisotopic (exact) mass is 276 g/mol. The van der Waals surface area contributed by atoms with Gasteiger partial charge in [-0.15, -0.1) is 0 Å². The molecule has 20 heavy (non-hydrogen) atoms. The molecule has 0 spiro atoms. The lowest BCUT2D eigenvalue weighted by Gasteiger charge is -2.46. The SMILES string of the molecule is Cc1cc(F)cnc1C(=O)C1CC2CCCC(C1)N2C. The largest absolute Gasteiger partial charge is 0.300 e. The molecule has 0 saturated carbocycles. The van der Waals surface area contributed by atoms with Crippen LogP contribution in [0.25, 0.3) is 0 Å². The van der Waals surface area contributed by atoms with Crippen molar-refractivity contribution in [3.8, 4) is 0 Å². The number of rotatable bonds is 2. The predicted molar refractivity (Wildman–Crippen MR) is 75.2 cm³/mol. The van der Waals surface area contributed by atoms with E-state index in [4.69, 9.17) is 0 Å². The Morgan fingerprint density at radius 2 is 2.00 bits per heavy atom. The molecule has 3 heterocycles. The molecule has 1 aromatic rings. The molecule has 0 amide bonds. The Morgan fingerprint density at radius 1 is 1.35 bits per heavy atom. The summed E-state index contributed by atoms with van der Waals surface area (Å²) >= 11 is 0. The van der Waals surface area contributed by atoms with Crippen molar-refractivity contribution in [3.05, 3.63) is 29.3 Å². The van der Waals surface area contributed by atoms with E-state index >= 15 is 0 Å². The van der Waals surface area contributed by atoms with Gasteiger partial charge in [0.25, 0.3) is 0 Å². The number of halogens is 1. The van der Waals surface area contributed by atoms with Gasteiger partial charge in [0.1, 0.15) is 11.5 Å². The first-order chi connectivity index (χ1) is 9.56. The number of Topliss-reactive ketones (excluding diaryl/α,β-unsaturated/α-hetero) is 1. The summed E-state index contributed by atoms with van der Waals surface area (Å²) in [5.41, 5.74) is 1.11. The molecule has 0 N–H and O–H groups in total. The van der Waals surface area contributed by atoms with Crippen molar-refractivity contribution >= 4 is 5.78 Å². The van der Waals surface area contributed by atoms with Crippen molar-refractivity contribution in [1.29, 1.82) is 0 Å². The molecule has 0 radical (unpaired) electrons. The number of aryl methyl sites for hydroxylation is 1. The van der Waals surface area contributed by atoms with Crippen LogP contribution in [0, 0.1) is 18.7 Å². The van der Waals surface area contributed by atoms with Crippen LogP contribution < -0.4 is 0 Å². The molecule has 2 atom stereocenters. The van der Waals surface area contributed by atoms with E-state index in [1.165, 1.54) is 25.3 Å². The van der Waals surface area contributed by atoms with Crippen LogP contribution in [0.15, 0.2) is 12.3 Å². The Balaban J connectivity index is 1.81. The number of piperidine rings is 2. The van der Waals surface area contributed by atoms with Gasteiger partial charge in [-0.25, -0.2) is 9.37 Å². The van der Waals surface area contributed by atoms with E-state index in [1.54, 1.807) is 6.92 Å². The fourth-order valence-corrected chi connectivity index (χ4v) is 3.82. The summed E-state index contributed by atoms with van der Waals surface area (Å²) in [4.78, 5) is 19.1. The predicted octanol–water partition coefficient (Wildman–Crippen LogP) is 2.97. The molecule has 0 aliphatic carbocycles. The minimum absolute atomic E-state index is 0.0539. The smallest absolute Gasteiger partial charge is 0.184 e. The van der Waals surface area contributed by atoms with Crippen molar-refractivity contribution < 1.29 is 9.18 Å². The van der Waals surface area contributed by atoms with Crippen LogP contribution in [-0.2, 0) is 0 Å². The van der Waals surface area contributed by atoms with Crippen LogP contribution in [-0.4, -0.2) is 34.8 Å². The summed E-state index contributed by atoms with van der Waals surface area (Å²) in [6.07, 6.45) is 6.64. The highest BCUT2D eigenvalue weighted by Gasteiger charge is 2.39. The number of hydrogen-bond donors (Lipinski definition) is 0. The van der Waals surface area contributed by atoms with Crippen LogP contribution in [0.3, 0.4) is 0 Å². The van der Waals surface area contributed by atoms with E-state index in [1.807, 2.05) is 0 Å². The lowest BCUT2D eigenvalue weighted by Crippen LogP contribution is -2.51. The molecule has 3 rings (SSSR count). The van der Waals surface area contributed by atoms with Crippen LogP contribution in [0.1, 0.15) is 48.2 Å². The minimum Gasteiger partial charge on any atom is -0.300 e. The summed E-state index contributed by atoms with van der Waals surface area (Å²) in [6, 6.07) is 2.45. The number of nitrogens with zero attached hydrogens (tertiary/aromatic N) is 2. The molecule has 2 unspecified atom stereocenters. The first-order valence-electron chi connectivity index (χ1n) is 7.44. The summed E-state index contributed by atoms with van der Waals surface area (Å²) < 4.78 is 13.1. The maximum Gasteiger partial charge on any atom is 0.184 e. The Kier molecular flexibility index (Phi) is 3.59. The van der Waals surface area contributed by atoms with Gasteiger partial charge in [0.15, 0.2) is 5.78 Å². The number of carbonyl (C=O) groups is 1. The maximum absolute atomic E-state index is 13.1. The number of hydrogen-bond acceptors (Lipinski definition) is 3. The molecule has 2 saturated heterocycles. The Hall–Kier alpha value is -1.29. The van der Waals surface area contributed by atoms with E-state index in [-0.39, 0.29) is 17.5 Å². The zero-order valence-electron chi connectivity index (χ0n) is 12.1. The molecule has 0 aromatic carbocycles. The third-order valence-corrected chi connectivity index (χ3v) is 4.99. The fraction of sp³-hybridized carbons (Fsp3) is 0.625. The van der Waals surface area contributed by atoms with Gasteiger partial charge in [0.05, 0.1) is 6.20 Å². The third-order valence-electron chi connectivity index (χ3n) is 4.99. The average Bonchev–Trinajstić information content (AvgIpc) is 2.37. The molecule has 3 nitrogen and oxygen atoms in total. The van der Waals surface area contributed by atoms with Crippen LogP contribution in [0.4, 0.5) is 4.39 Å². The van der Waals surface area contributed by atoms with Crippen molar-refractivity contribution in [1.82, 2.24) is 9.88 Å². The van der Waals surface area contributed by atoms with Crippen LogP contribution in [0.2, 0.25) is 0 Å². The molecule has 108 valence electrons. The molecular weight excluding hydrogens is 255 g/mol. The highest BCUT2D eigenvalue weighted by Crippen LogP contribution is 2.37. The van der Waals surface area contributed by atoms with Gasteiger partial charge in [-0.1, -0.05) is 6.42 Å². The molecule has 4 heteroatoms. The number of aromatic nitrogens is 1. The Bertz CT molecular complexity index is 517. The van der Waals surface area contributed by atoms with Gasteiger partial charge in [-0.2, -0.15) is 0 Å².